The van der Waals surface area contributed by atoms with Crippen LogP contribution >= 0.6 is 11.6 Å². The Morgan fingerprint density at radius 2 is 2.00 bits per heavy atom. The lowest BCUT2D eigenvalue weighted by molar-refractivity contribution is -0.0843. The first-order chi connectivity index (χ1) is 17.6. The summed E-state index contributed by atoms with van der Waals surface area (Å²) in [4.78, 5) is 22.2. The minimum absolute atomic E-state index is 0.0692. The quantitative estimate of drug-likeness (QED) is 0.325. The summed E-state index contributed by atoms with van der Waals surface area (Å²) in [6.45, 7) is 0.756. The molecule has 12 heteroatoms. The molecule has 37 heavy (non-hydrogen) atoms. The number of rotatable bonds is 8. The van der Waals surface area contributed by atoms with E-state index in [0.29, 0.717) is 0 Å². The summed E-state index contributed by atoms with van der Waals surface area (Å²) in [5.41, 5.74) is -1.00. The number of halogens is 6. The van der Waals surface area contributed by atoms with Crippen molar-refractivity contribution in [2.75, 3.05) is 36.4 Å². The fourth-order valence-electron chi connectivity index (χ4n) is 5.19. The number of aromatic nitrogens is 2. The molecule has 2 fully saturated rings. The summed E-state index contributed by atoms with van der Waals surface area (Å²) in [5.74, 6) is -4.84. The zero-order valence-corrected chi connectivity index (χ0v) is 20.9. The van der Waals surface area contributed by atoms with E-state index < -0.39 is 35.5 Å². The van der Waals surface area contributed by atoms with Gasteiger partial charge >= 0.3 is 0 Å². The number of hydrogen-bond donors (Lipinski definition) is 2. The summed E-state index contributed by atoms with van der Waals surface area (Å²) in [6.07, 6.45) is -1.01. The van der Waals surface area contributed by atoms with E-state index in [0.717, 1.165) is 12.3 Å². The highest BCUT2D eigenvalue weighted by Gasteiger charge is 2.45. The van der Waals surface area contributed by atoms with E-state index in [1.165, 1.54) is 6.07 Å². The first kappa shape index (κ1) is 27.5. The molecule has 2 aromatic rings. The SMILES string of the molecule is O=C(Nc1cccc(Cl)n1)c1cnc(F)cc1N1CCC(CCCC2CNCCC2(F)F)(C(F)F)CC1. The summed E-state index contributed by atoms with van der Waals surface area (Å²) < 4.78 is 70.8. The smallest absolute Gasteiger partial charge is 0.260 e. The number of hydrogen-bond acceptors (Lipinski definition) is 5. The number of alkyl halides is 4. The molecule has 0 aromatic carbocycles. The number of nitrogens with one attached hydrogen (secondary N) is 2. The van der Waals surface area contributed by atoms with Gasteiger partial charge in [-0.05, 0) is 37.8 Å². The molecule has 0 spiro atoms. The molecule has 2 saturated heterocycles. The van der Waals surface area contributed by atoms with Crippen molar-refractivity contribution in [2.24, 2.45) is 11.3 Å². The normalized spacial score (nSPS) is 21.2. The second kappa shape index (κ2) is 11.5. The zero-order valence-electron chi connectivity index (χ0n) is 20.1. The lowest BCUT2D eigenvalue weighted by Gasteiger charge is -2.43. The number of anilines is 2. The third-order valence-electron chi connectivity index (χ3n) is 7.46. The average molecular weight is 546 g/mol. The van der Waals surface area contributed by atoms with Crippen molar-refractivity contribution in [1.29, 1.82) is 0 Å². The molecule has 2 aromatic heterocycles. The maximum Gasteiger partial charge on any atom is 0.260 e. The first-order valence-corrected chi connectivity index (χ1v) is 12.7. The topological polar surface area (TPSA) is 70.2 Å². The second-order valence-corrected chi connectivity index (χ2v) is 10.2. The van der Waals surface area contributed by atoms with E-state index in [9.17, 15) is 26.7 Å². The van der Waals surface area contributed by atoms with Crippen molar-refractivity contribution in [3.05, 3.63) is 47.1 Å². The Kier molecular flexibility index (Phi) is 8.52. The molecule has 0 bridgehead atoms. The van der Waals surface area contributed by atoms with Gasteiger partial charge in [0.2, 0.25) is 12.4 Å². The van der Waals surface area contributed by atoms with Gasteiger partial charge in [0, 0.05) is 56.2 Å². The van der Waals surface area contributed by atoms with Gasteiger partial charge in [0.15, 0.2) is 0 Å². The van der Waals surface area contributed by atoms with Crippen LogP contribution < -0.4 is 15.5 Å². The van der Waals surface area contributed by atoms with Crippen molar-refractivity contribution in [1.82, 2.24) is 15.3 Å². The maximum atomic E-state index is 14.2. The van der Waals surface area contributed by atoms with Gasteiger partial charge in [-0.1, -0.05) is 24.1 Å². The van der Waals surface area contributed by atoms with Crippen LogP contribution in [0, 0.1) is 17.3 Å². The highest BCUT2D eigenvalue weighted by molar-refractivity contribution is 6.29. The minimum atomic E-state index is -2.78. The Labute approximate surface area is 217 Å². The highest BCUT2D eigenvalue weighted by atomic mass is 35.5. The van der Waals surface area contributed by atoms with Gasteiger partial charge in [0.1, 0.15) is 11.0 Å². The predicted molar refractivity (Wildman–Crippen MR) is 131 cm³/mol. The van der Waals surface area contributed by atoms with E-state index >= 15 is 0 Å². The predicted octanol–water partition coefficient (Wildman–Crippen LogP) is 5.79. The van der Waals surface area contributed by atoms with Crippen LogP contribution in [-0.2, 0) is 0 Å². The lowest BCUT2D eigenvalue weighted by Crippen LogP contribution is -2.46. The van der Waals surface area contributed by atoms with E-state index in [1.54, 1.807) is 17.0 Å². The molecule has 0 saturated carbocycles. The van der Waals surface area contributed by atoms with Gasteiger partial charge in [-0.2, -0.15) is 4.39 Å². The maximum absolute atomic E-state index is 14.2. The second-order valence-electron chi connectivity index (χ2n) is 9.78. The number of pyridine rings is 2. The monoisotopic (exact) mass is 545 g/mol. The lowest BCUT2D eigenvalue weighted by atomic mass is 9.73. The Morgan fingerprint density at radius 1 is 1.24 bits per heavy atom. The standard InChI is InChI=1S/C25H29ClF5N5O/c26-19-4-1-5-21(34-19)35-22(37)17-15-33-20(27)13-18(17)36-11-8-24(9-12-36,23(28)29)6-2-3-16-14-32-10-7-25(16,30)31/h1,4-5,13,15-16,23,32H,2-3,6-12,14H2,(H,34,35,37). The molecule has 1 atom stereocenters. The van der Waals surface area contributed by atoms with Crippen LogP contribution in [0.15, 0.2) is 30.5 Å². The Balaban J connectivity index is 1.43. The molecule has 4 heterocycles. The van der Waals surface area contributed by atoms with Gasteiger partial charge in [-0.3, -0.25) is 4.79 Å². The summed E-state index contributed by atoms with van der Waals surface area (Å²) in [7, 11) is 0. The van der Waals surface area contributed by atoms with Crippen LogP contribution in [0.3, 0.4) is 0 Å². The molecule has 1 unspecified atom stereocenters. The van der Waals surface area contributed by atoms with Gasteiger partial charge in [-0.25, -0.2) is 27.5 Å². The van der Waals surface area contributed by atoms with E-state index in [1.807, 2.05) is 0 Å². The summed E-state index contributed by atoms with van der Waals surface area (Å²) in [6, 6.07) is 5.79. The largest absolute Gasteiger partial charge is 0.371 e. The summed E-state index contributed by atoms with van der Waals surface area (Å²) >= 11 is 5.86. The first-order valence-electron chi connectivity index (χ1n) is 12.3. The van der Waals surface area contributed by atoms with Crippen LogP contribution in [0.5, 0.6) is 0 Å². The number of carbonyl (C=O) groups excluding carboxylic acids is 1. The number of nitrogens with zero attached hydrogens (tertiary/aromatic N) is 3. The third kappa shape index (κ3) is 6.49. The molecule has 2 N–H and O–H groups in total. The van der Waals surface area contributed by atoms with E-state index in [4.69, 9.17) is 11.6 Å². The molecule has 202 valence electrons. The molecule has 2 aliphatic heterocycles. The highest BCUT2D eigenvalue weighted by Crippen LogP contribution is 2.44. The van der Waals surface area contributed by atoms with Crippen molar-refractivity contribution < 1.29 is 26.7 Å². The van der Waals surface area contributed by atoms with Gasteiger partial charge in [-0.15, -0.1) is 0 Å². The van der Waals surface area contributed by atoms with Crippen LogP contribution in [0.25, 0.3) is 0 Å². The third-order valence-corrected chi connectivity index (χ3v) is 7.67. The van der Waals surface area contributed by atoms with Gasteiger partial charge in [0.25, 0.3) is 11.8 Å². The Bertz CT molecular complexity index is 1100. The molecule has 2 aliphatic rings. The fraction of sp³-hybridized carbons (Fsp3) is 0.560. The van der Waals surface area contributed by atoms with Gasteiger partial charge < -0.3 is 15.5 Å². The molecule has 0 radical (unpaired) electrons. The van der Waals surface area contributed by atoms with E-state index in [2.05, 4.69) is 20.6 Å². The van der Waals surface area contributed by atoms with Crippen molar-refractivity contribution in [3.63, 3.8) is 0 Å². The summed E-state index contributed by atoms with van der Waals surface area (Å²) in [5, 5.41) is 5.73. The molecule has 1 amide bonds. The van der Waals surface area contributed by atoms with Crippen molar-refractivity contribution in [2.45, 2.75) is 50.9 Å². The van der Waals surface area contributed by atoms with Crippen LogP contribution in [0.4, 0.5) is 33.5 Å². The molecule has 6 nitrogen and oxygen atoms in total. The van der Waals surface area contributed by atoms with Crippen LogP contribution in [0.2, 0.25) is 5.15 Å². The van der Waals surface area contributed by atoms with Crippen molar-refractivity contribution in [3.8, 4) is 0 Å². The average Bonchev–Trinajstić information content (AvgIpc) is 2.85. The molecule has 4 rings (SSSR count). The van der Waals surface area contributed by atoms with E-state index in [-0.39, 0.29) is 86.9 Å². The zero-order chi connectivity index (χ0) is 26.6. The molecule has 0 aliphatic carbocycles. The minimum Gasteiger partial charge on any atom is -0.371 e. The number of amides is 1. The Hall–Kier alpha value is -2.53. The molecular weight excluding hydrogens is 517 g/mol. The fourth-order valence-corrected chi connectivity index (χ4v) is 5.35. The molecular formula is C25H29ClF5N5O. The van der Waals surface area contributed by atoms with Crippen LogP contribution in [0.1, 0.15) is 48.9 Å². The Morgan fingerprint density at radius 3 is 2.68 bits per heavy atom. The number of piperidine rings is 2. The van der Waals surface area contributed by atoms with Crippen LogP contribution in [-0.4, -0.2) is 54.4 Å². The van der Waals surface area contributed by atoms with Gasteiger partial charge in [0.05, 0.1) is 11.3 Å². The number of carbonyl (C=O) groups is 1. The van der Waals surface area contributed by atoms with Crippen molar-refractivity contribution >= 4 is 29.0 Å².